The Bertz CT molecular complexity index is 384. The highest BCUT2D eigenvalue weighted by molar-refractivity contribution is 7.98. The molecule has 0 saturated heterocycles. The van der Waals surface area contributed by atoms with Gasteiger partial charge in [0, 0.05) is 10.5 Å². The van der Waals surface area contributed by atoms with Crippen LogP contribution in [0.1, 0.15) is 0 Å². The Morgan fingerprint density at radius 3 is 3.00 bits per heavy atom. The molecule has 0 spiro atoms. The van der Waals surface area contributed by atoms with Crippen LogP contribution in [0.3, 0.4) is 0 Å². The van der Waals surface area contributed by atoms with Gasteiger partial charge in [-0.3, -0.25) is 0 Å². The number of rotatable bonds is 2. The Kier molecular flexibility index (Phi) is 2.36. The SMILES string of the molecule is CSc1cccc(-c2cnco2)c1. The quantitative estimate of drug-likeness (QED) is 0.682. The predicted octanol–water partition coefficient (Wildman–Crippen LogP) is 3.06. The summed E-state index contributed by atoms with van der Waals surface area (Å²) in [4.78, 5) is 5.11. The van der Waals surface area contributed by atoms with Crippen molar-refractivity contribution in [2.24, 2.45) is 0 Å². The lowest BCUT2D eigenvalue weighted by molar-refractivity contribution is 0.572. The fraction of sp³-hybridized carbons (Fsp3) is 0.100. The third kappa shape index (κ3) is 1.75. The molecule has 66 valence electrons. The maximum atomic E-state index is 5.20. The van der Waals surface area contributed by atoms with Gasteiger partial charge in [-0.1, -0.05) is 12.1 Å². The average Bonchev–Trinajstić information content (AvgIpc) is 2.71. The Balaban J connectivity index is 2.41. The van der Waals surface area contributed by atoms with Crippen molar-refractivity contribution in [2.45, 2.75) is 4.90 Å². The van der Waals surface area contributed by atoms with E-state index < -0.39 is 0 Å². The van der Waals surface area contributed by atoms with E-state index in [1.807, 2.05) is 12.1 Å². The van der Waals surface area contributed by atoms with E-state index in [1.54, 1.807) is 18.0 Å². The predicted molar refractivity (Wildman–Crippen MR) is 53.7 cm³/mol. The first-order valence-corrected chi connectivity index (χ1v) is 5.15. The van der Waals surface area contributed by atoms with E-state index in [4.69, 9.17) is 4.42 Å². The minimum Gasteiger partial charge on any atom is -0.444 e. The molecule has 0 radical (unpaired) electrons. The smallest absolute Gasteiger partial charge is 0.181 e. The second-order valence-electron chi connectivity index (χ2n) is 2.60. The van der Waals surface area contributed by atoms with Gasteiger partial charge in [-0.25, -0.2) is 4.98 Å². The monoisotopic (exact) mass is 191 g/mol. The van der Waals surface area contributed by atoms with E-state index in [2.05, 4.69) is 23.4 Å². The van der Waals surface area contributed by atoms with Crippen LogP contribution in [0.25, 0.3) is 11.3 Å². The van der Waals surface area contributed by atoms with E-state index >= 15 is 0 Å². The van der Waals surface area contributed by atoms with Crippen molar-refractivity contribution >= 4 is 11.8 Å². The van der Waals surface area contributed by atoms with E-state index in [0.717, 1.165) is 11.3 Å². The molecule has 0 aliphatic carbocycles. The van der Waals surface area contributed by atoms with Crippen molar-refractivity contribution in [1.82, 2.24) is 4.98 Å². The zero-order valence-corrected chi connectivity index (χ0v) is 8.04. The van der Waals surface area contributed by atoms with Crippen molar-refractivity contribution in [3.05, 3.63) is 36.9 Å². The van der Waals surface area contributed by atoms with Crippen LogP contribution in [0.2, 0.25) is 0 Å². The first kappa shape index (κ1) is 8.38. The minimum absolute atomic E-state index is 0.816. The van der Waals surface area contributed by atoms with Crippen molar-refractivity contribution in [3.8, 4) is 11.3 Å². The van der Waals surface area contributed by atoms with Gasteiger partial charge >= 0.3 is 0 Å². The van der Waals surface area contributed by atoms with Gasteiger partial charge in [-0.15, -0.1) is 11.8 Å². The number of benzene rings is 1. The molecule has 3 heteroatoms. The Morgan fingerprint density at radius 2 is 2.31 bits per heavy atom. The molecule has 2 aromatic rings. The van der Waals surface area contributed by atoms with Crippen LogP contribution in [0.15, 0.2) is 46.2 Å². The molecule has 0 bridgehead atoms. The van der Waals surface area contributed by atoms with Crippen molar-refractivity contribution in [1.29, 1.82) is 0 Å². The first-order chi connectivity index (χ1) is 6.40. The van der Waals surface area contributed by atoms with E-state index in [9.17, 15) is 0 Å². The summed E-state index contributed by atoms with van der Waals surface area (Å²) in [7, 11) is 0. The van der Waals surface area contributed by atoms with Gasteiger partial charge in [0.05, 0.1) is 6.20 Å². The molecule has 2 rings (SSSR count). The summed E-state index contributed by atoms with van der Waals surface area (Å²) in [5.41, 5.74) is 1.07. The summed E-state index contributed by atoms with van der Waals surface area (Å²) in [6.07, 6.45) is 5.22. The number of hydrogen-bond donors (Lipinski definition) is 0. The molecular weight excluding hydrogens is 182 g/mol. The fourth-order valence-corrected chi connectivity index (χ4v) is 1.59. The number of thioether (sulfide) groups is 1. The van der Waals surface area contributed by atoms with Gasteiger partial charge in [0.25, 0.3) is 0 Å². The lowest BCUT2D eigenvalue weighted by Gasteiger charge is -1.98. The summed E-state index contributed by atoms with van der Waals surface area (Å²) in [5, 5.41) is 0. The normalized spacial score (nSPS) is 10.2. The van der Waals surface area contributed by atoms with Crippen LogP contribution in [0.5, 0.6) is 0 Å². The van der Waals surface area contributed by atoms with Gasteiger partial charge in [0.1, 0.15) is 0 Å². The molecule has 2 nitrogen and oxygen atoms in total. The standard InChI is InChI=1S/C10H9NOS/c1-13-9-4-2-3-8(5-9)10-6-11-7-12-10/h2-7H,1H3. The second-order valence-corrected chi connectivity index (χ2v) is 3.48. The molecule has 1 aromatic heterocycles. The third-order valence-corrected chi connectivity index (χ3v) is 2.51. The third-order valence-electron chi connectivity index (χ3n) is 1.79. The zero-order valence-electron chi connectivity index (χ0n) is 7.23. The summed E-state index contributed by atoms with van der Waals surface area (Å²) in [6.45, 7) is 0. The number of hydrogen-bond acceptors (Lipinski definition) is 3. The number of nitrogens with zero attached hydrogens (tertiary/aromatic N) is 1. The van der Waals surface area contributed by atoms with Crippen molar-refractivity contribution < 1.29 is 4.42 Å². The maximum Gasteiger partial charge on any atom is 0.181 e. The Labute approximate surface area is 81.0 Å². The van der Waals surface area contributed by atoms with E-state index in [-0.39, 0.29) is 0 Å². The van der Waals surface area contributed by atoms with Crippen LogP contribution in [-0.2, 0) is 0 Å². The number of aromatic nitrogens is 1. The van der Waals surface area contributed by atoms with Gasteiger partial charge in [0.2, 0.25) is 0 Å². The fourth-order valence-electron chi connectivity index (χ4n) is 1.13. The van der Waals surface area contributed by atoms with Crippen LogP contribution in [0.4, 0.5) is 0 Å². The number of oxazole rings is 1. The topological polar surface area (TPSA) is 26.0 Å². The van der Waals surface area contributed by atoms with Crippen LogP contribution in [0, 0.1) is 0 Å². The molecule has 0 fully saturated rings. The maximum absolute atomic E-state index is 5.20. The highest BCUT2D eigenvalue weighted by Crippen LogP contribution is 2.23. The minimum atomic E-state index is 0.816. The lowest BCUT2D eigenvalue weighted by Crippen LogP contribution is -1.74. The summed E-state index contributed by atoms with van der Waals surface area (Å²) >= 11 is 1.72. The molecule has 1 heterocycles. The molecule has 0 N–H and O–H groups in total. The van der Waals surface area contributed by atoms with Gasteiger partial charge < -0.3 is 4.42 Å². The van der Waals surface area contributed by atoms with E-state index in [0.29, 0.717) is 0 Å². The molecule has 1 aromatic carbocycles. The summed E-state index contributed by atoms with van der Waals surface area (Å²) < 4.78 is 5.20. The molecule has 0 unspecified atom stereocenters. The molecular formula is C10H9NOS. The van der Waals surface area contributed by atoms with Gasteiger partial charge in [-0.05, 0) is 18.4 Å². The van der Waals surface area contributed by atoms with Crippen molar-refractivity contribution in [3.63, 3.8) is 0 Å². The van der Waals surface area contributed by atoms with Crippen LogP contribution in [-0.4, -0.2) is 11.2 Å². The molecule has 13 heavy (non-hydrogen) atoms. The highest BCUT2D eigenvalue weighted by atomic mass is 32.2. The summed E-state index contributed by atoms with van der Waals surface area (Å²) in [5.74, 6) is 0.816. The molecule has 0 saturated carbocycles. The lowest BCUT2D eigenvalue weighted by atomic mass is 10.2. The van der Waals surface area contributed by atoms with Crippen LogP contribution >= 0.6 is 11.8 Å². The van der Waals surface area contributed by atoms with Gasteiger partial charge in [-0.2, -0.15) is 0 Å². The average molecular weight is 191 g/mol. The molecule has 0 amide bonds. The molecule has 0 aliphatic heterocycles. The molecule has 0 aliphatic rings. The zero-order chi connectivity index (χ0) is 9.10. The first-order valence-electron chi connectivity index (χ1n) is 3.93. The Morgan fingerprint density at radius 1 is 1.38 bits per heavy atom. The summed E-state index contributed by atoms with van der Waals surface area (Å²) in [6, 6.07) is 8.19. The molecule has 0 atom stereocenters. The Hall–Kier alpha value is -1.22. The largest absolute Gasteiger partial charge is 0.444 e. The second kappa shape index (κ2) is 3.66. The van der Waals surface area contributed by atoms with E-state index in [1.165, 1.54) is 11.3 Å². The van der Waals surface area contributed by atoms with Crippen LogP contribution < -0.4 is 0 Å². The highest BCUT2D eigenvalue weighted by Gasteiger charge is 2.00. The van der Waals surface area contributed by atoms with Gasteiger partial charge in [0.15, 0.2) is 12.2 Å². The van der Waals surface area contributed by atoms with Crippen molar-refractivity contribution in [2.75, 3.05) is 6.26 Å².